The number of H-pyrrole nitrogens is 1. The van der Waals surface area contributed by atoms with Crippen molar-refractivity contribution in [2.75, 3.05) is 0 Å². The molecule has 4 rings (SSSR count). The van der Waals surface area contributed by atoms with E-state index >= 15 is 0 Å². The van der Waals surface area contributed by atoms with Gasteiger partial charge in [0.15, 0.2) is 5.82 Å². The van der Waals surface area contributed by atoms with Crippen LogP contribution in [0, 0.1) is 4.77 Å². The number of nitrogens with one attached hydrogen (secondary N) is 1. The minimum absolute atomic E-state index is 0.407. The Kier molecular flexibility index (Phi) is 4.51. The van der Waals surface area contributed by atoms with E-state index in [1.54, 1.807) is 10.9 Å². The average molecular weight is 381 g/mol. The molecule has 0 spiro atoms. The Balaban J connectivity index is 1.63. The van der Waals surface area contributed by atoms with Crippen LogP contribution in [0.5, 0.6) is 0 Å². The second-order valence-corrected chi connectivity index (χ2v) is 6.31. The highest BCUT2D eigenvalue weighted by molar-refractivity contribution is 7.71. The zero-order valence-electron chi connectivity index (χ0n) is 13.5. The summed E-state index contributed by atoms with van der Waals surface area (Å²) in [5.74, 6) is 1.98. The first-order chi connectivity index (χ1) is 12.7. The molecule has 4 aromatic rings. The van der Waals surface area contributed by atoms with Crippen molar-refractivity contribution in [3.8, 4) is 22.7 Å². The lowest BCUT2D eigenvalue weighted by Gasteiger charge is -1.99. The number of rotatable bonds is 4. The van der Waals surface area contributed by atoms with E-state index in [0.717, 1.165) is 16.9 Å². The summed E-state index contributed by atoms with van der Waals surface area (Å²) in [6, 6.07) is 20.9. The van der Waals surface area contributed by atoms with Gasteiger partial charge in [-0.2, -0.15) is 14.9 Å². The molecule has 0 aliphatic heterocycles. The van der Waals surface area contributed by atoms with Crippen LogP contribution in [-0.4, -0.2) is 21.1 Å². The fourth-order valence-corrected chi connectivity index (χ4v) is 2.78. The van der Waals surface area contributed by atoms with Crippen LogP contribution in [0.1, 0.15) is 5.76 Å². The molecule has 26 heavy (non-hydrogen) atoms. The topological polar surface area (TPSA) is 59.1 Å². The molecule has 0 unspecified atom stereocenters. The SMILES string of the molecule is S=c1[nH]nc(-c2ccccc2)n1/N=C/c1ccc(-c2ccc(Cl)cc2)o1. The average Bonchev–Trinajstić information content (AvgIpc) is 3.28. The van der Waals surface area contributed by atoms with Gasteiger partial charge in [-0.3, -0.25) is 0 Å². The second-order valence-electron chi connectivity index (χ2n) is 5.48. The van der Waals surface area contributed by atoms with Gasteiger partial charge >= 0.3 is 0 Å². The third kappa shape index (κ3) is 3.37. The van der Waals surface area contributed by atoms with Gasteiger partial charge in [-0.1, -0.05) is 41.9 Å². The Bertz CT molecular complexity index is 1110. The quantitative estimate of drug-likeness (QED) is 0.380. The zero-order chi connectivity index (χ0) is 17.9. The summed E-state index contributed by atoms with van der Waals surface area (Å²) in [4.78, 5) is 0. The van der Waals surface area contributed by atoms with Gasteiger partial charge < -0.3 is 4.42 Å². The molecule has 0 aliphatic carbocycles. The van der Waals surface area contributed by atoms with Crippen LogP contribution < -0.4 is 0 Å². The molecule has 2 heterocycles. The molecular formula is C19H13ClN4OS. The minimum atomic E-state index is 0.407. The lowest BCUT2D eigenvalue weighted by molar-refractivity contribution is 0.574. The highest BCUT2D eigenvalue weighted by Crippen LogP contribution is 2.23. The summed E-state index contributed by atoms with van der Waals surface area (Å²) < 4.78 is 7.79. The van der Waals surface area contributed by atoms with Crippen molar-refractivity contribution in [2.24, 2.45) is 5.10 Å². The van der Waals surface area contributed by atoms with Crippen LogP contribution in [0.15, 0.2) is 76.2 Å². The summed E-state index contributed by atoms with van der Waals surface area (Å²) >= 11 is 11.2. The van der Waals surface area contributed by atoms with Crippen LogP contribution in [0.4, 0.5) is 0 Å². The first kappa shape index (κ1) is 16.5. The highest BCUT2D eigenvalue weighted by atomic mass is 35.5. The third-order valence-corrected chi connectivity index (χ3v) is 4.25. The van der Waals surface area contributed by atoms with Crippen molar-refractivity contribution in [1.29, 1.82) is 0 Å². The van der Waals surface area contributed by atoms with Gasteiger partial charge in [-0.25, -0.2) is 5.10 Å². The van der Waals surface area contributed by atoms with Gasteiger partial charge in [-0.15, -0.1) is 0 Å². The summed E-state index contributed by atoms with van der Waals surface area (Å²) in [5.41, 5.74) is 1.86. The lowest BCUT2D eigenvalue weighted by atomic mass is 10.2. The van der Waals surface area contributed by atoms with Gasteiger partial charge in [0.25, 0.3) is 0 Å². The Morgan fingerprint density at radius 2 is 1.77 bits per heavy atom. The number of furan rings is 1. The second kappa shape index (κ2) is 7.11. The molecule has 2 aromatic heterocycles. The lowest BCUT2D eigenvalue weighted by Crippen LogP contribution is -1.94. The summed E-state index contributed by atoms with van der Waals surface area (Å²) in [7, 11) is 0. The summed E-state index contributed by atoms with van der Waals surface area (Å²) in [5, 5.41) is 12.1. The maximum atomic E-state index is 5.92. The number of hydrogen-bond donors (Lipinski definition) is 1. The van der Waals surface area contributed by atoms with E-state index in [1.165, 1.54) is 0 Å². The standard InChI is InChI=1S/C19H13ClN4OS/c20-15-8-6-13(7-9-15)17-11-10-16(25-17)12-21-24-18(22-23-19(24)26)14-4-2-1-3-5-14/h1-12H,(H,23,26)/b21-12+. The highest BCUT2D eigenvalue weighted by Gasteiger charge is 2.08. The number of hydrogen-bond acceptors (Lipinski definition) is 4. The summed E-state index contributed by atoms with van der Waals surface area (Å²) in [6.07, 6.45) is 1.61. The van der Waals surface area contributed by atoms with E-state index in [1.807, 2.05) is 66.7 Å². The van der Waals surface area contributed by atoms with E-state index in [9.17, 15) is 0 Å². The Morgan fingerprint density at radius 3 is 2.54 bits per heavy atom. The smallest absolute Gasteiger partial charge is 0.216 e. The van der Waals surface area contributed by atoms with Crippen LogP contribution in [0.2, 0.25) is 5.02 Å². The number of halogens is 1. The van der Waals surface area contributed by atoms with Gasteiger partial charge in [-0.05, 0) is 48.6 Å². The van der Waals surface area contributed by atoms with Crippen LogP contribution in [-0.2, 0) is 0 Å². The van der Waals surface area contributed by atoms with E-state index in [-0.39, 0.29) is 0 Å². The zero-order valence-corrected chi connectivity index (χ0v) is 15.0. The monoisotopic (exact) mass is 380 g/mol. The molecule has 7 heteroatoms. The molecule has 0 saturated heterocycles. The molecular weight excluding hydrogens is 368 g/mol. The maximum absolute atomic E-state index is 5.92. The number of aromatic amines is 1. The van der Waals surface area contributed by atoms with E-state index < -0.39 is 0 Å². The molecule has 5 nitrogen and oxygen atoms in total. The number of nitrogens with zero attached hydrogens (tertiary/aromatic N) is 3. The molecule has 1 N–H and O–H groups in total. The Labute approximate surface area is 159 Å². The summed E-state index contributed by atoms with van der Waals surface area (Å²) in [6.45, 7) is 0. The molecule has 128 valence electrons. The van der Waals surface area contributed by atoms with E-state index in [4.69, 9.17) is 28.2 Å². The molecule has 0 fully saturated rings. The van der Waals surface area contributed by atoms with E-state index in [0.29, 0.717) is 21.4 Å². The van der Waals surface area contributed by atoms with Crippen molar-refractivity contribution in [2.45, 2.75) is 0 Å². The molecule has 0 saturated carbocycles. The molecule has 2 aromatic carbocycles. The predicted octanol–water partition coefficient (Wildman–Crippen LogP) is 5.40. The van der Waals surface area contributed by atoms with Crippen molar-refractivity contribution in [1.82, 2.24) is 14.9 Å². The Hall–Kier alpha value is -2.96. The van der Waals surface area contributed by atoms with Crippen molar-refractivity contribution < 1.29 is 4.42 Å². The van der Waals surface area contributed by atoms with Gasteiger partial charge in [0, 0.05) is 16.1 Å². The van der Waals surface area contributed by atoms with Gasteiger partial charge in [0.1, 0.15) is 11.5 Å². The maximum Gasteiger partial charge on any atom is 0.216 e. The minimum Gasteiger partial charge on any atom is -0.455 e. The van der Waals surface area contributed by atoms with Crippen LogP contribution in [0.3, 0.4) is 0 Å². The first-order valence-electron chi connectivity index (χ1n) is 7.84. The third-order valence-electron chi connectivity index (χ3n) is 3.74. The number of benzene rings is 2. The van der Waals surface area contributed by atoms with Crippen LogP contribution >= 0.6 is 23.8 Å². The van der Waals surface area contributed by atoms with Crippen LogP contribution in [0.25, 0.3) is 22.7 Å². The van der Waals surface area contributed by atoms with Gasteiger partial charge in [0.2, 0.25) is 4.77 Å². The van der Waals surface area contributed by atoms with Crippen molar-refractivity contribution >= 4 is 30.0 Å². The molecule has 0 amide bonds. The number of aromatic nitrogens is 3. The van der Waals surface area contributed by atoms with Gasteiger partial charge in [0.05, 0.1) is 6.21 Å². The van der Waals surface area contributed by atoms with E-state index in [2.05, 4.69) is 15.3 Å². The first-order valence-corrected chi connectivity index (χ1v) is 8.62. The molecule has 0 atom stereocenters. The largest absolute Gasteiger partial charge is 0.455 e. The fourth-order valence-electron chi connectivity index (χ4n) is 2.48. The molecule has 0 bridgehead atoms. The predicted molar refractivity (Wildman–Crippen MR) is 105 cm³/mol. The normalized spacial score (nSPS) is 11.3. The molecule has 0 aliphatic rings. The molecule has 0 radical (unpaired) electrons. The van der Waals surface area contributed by atoms with Crippen molar-refractivity contribution in [3.63, 3.8) is 0 Å². The van der Waals surface area contributed by atoms with Crippen molar-refractivity contribution in [3.05, 3.63) is 82.3 Å². The fraction of sp³-hybridized carbons (Fsp3) is 0. The Morgan fingerprint density at radius 1 is 1.00 bits per heavy atom.